The Morgan fingerprint density at radius 1 is 1.19 bits per heavy atom. The standard InChI is InChI=1S/C22H24ClFN4O4/c1-14(2)32-19-9-8-17(12-18(19)24)25-20-26-21(31-11-3-10-29)27-22(30)28(20)13-15-4-6-16(23)7-5-15/h4-9,12,14,29H,3,10-11,13H2,1-2H3,(H,25,26,27,30). The van der Waals surface area contributed by atoms with Crippen molar-refractivity contribution in [1.29, 1.82) is 0 Å². The largest absolute Gasteiger partial charge is 0.488 e. The molecule has 1 aromatic heterocycles. The van der Waals surface area contributed by atoms with Gasteiger partial charge in [-0.15, -0.1) is 4.98 Å². The highest BCUT2D eigenvalue weighted by Gasteiger charge is 2.14. The number of hydrogen-bond donors (Lipinski definition) is 2. The molecule has 0 aliphatic carbocycles. The number of nitrogens with one attached hydrogen (secondary N) is 1. The molecule has 0 aliphatic rings. The third-order valence-corrected chi connectivity index (χ3v) is 4.47. The van der Waals surface area contributed by atoms with Gasteiger partial charge in [-0.25, -0.2) is 9.18 Å². The Morgan fingerprint density at radius 2 is 1.94 bits per heavy atom. The molecule has 0 saturated heterocycles. The molecule has 0 unspecified atom stereocenters. The molecule has 0 radical (unpaired) electrons. The molecule has 0 aliphatic heterocycles. The summed E-state index contributed by atoms with van der Waals surface area (Å²) in [6, 6.07) is 11.2. The molecule has 0 fully saturated rings. The van der Waals surface area contributed by atoms with Gasteiger partial charge in [0.2, 0.25) is 5.95 Å². The molecule has 32 heavy (non-hydrogen) atoms. The van der Waals surface area contributed by atoms with Crippen LogP contribution in [0.5, 0.6) is 11.8 Å². The lowest BCUT2D eigenvalue weighted by molar-refractivity contribution is 0.223. The number of ether oxygens (including phenoxy) is 2. The summed E-state index contributed by atoms with van der Waals surface area (Å²) in [5.74, 6) is -0.306. The van der Waals surface area contributed by atoms with Gasteiger partial charge in [-0.05, 0) is 43.7 Å². The zero-order chi connectivity index (χ0) is 23.1. The lowest BCUT2D eigenvalue weighted by atomic mass is 10.2. The van der Waals surface area contributed by atoms with E-state index in [0.717, 1.165) is 5.56 Å². The summed E-state index contributed by atoms with van der Waals surface area (Å²) in [4.78, 5) is 20.8. The van der Waals surface area contributed by atoms with Crippen molar-refractivity contribution < 1.29 is 19.0 Å². The number of benzene rings is 2. The fourth-order valence-electron chi connectivity index (χ4n) is 2.77. The number of halogens is 2. The van der Waals surface area contributed by atoms with E-state index in [0.29, 0.717) is 17.1 Å². The summed E-state index contributed by atoms with van der Waals surface area (Å²) in [7, 11) is 0. The Hall–Kier alpha value is -3.17. The Morgan fingerprint density at radius 3 is 2.59 bits per heavy atom. The average molecular weight is 463 g/mol. The molecule has 0 atom stereocenters. The van der Waals surface area contributed by atoms with Gasteiger partial charge in [0.15, 0.2) is 11.6 Å². The van der Waals surface area contributed by atoms with E-state index >= 15 is 0 Å². The third kappa shape index (κ3) is 6.41. The Labute approximate surface area is 189 Å². The number of hydrogen-bond acceptors (Lipinski definition) is 7. The molecule has 2 aromatic carbocycles. The highest BCUT2D eigenvalue weighted by Crippen LogP contribution is 2.24. The van der Waals surface area contributed by atoms with Crippen molar-refractivity contribution >= 4 is 23.2 Å². The second kappa shape index (κ2) is 10.9. The molecule has 0 bridgehead atoms. The van der Waals surface area contributed by atoms with Crippen LogP contribution in [-0.4, -0.2) is 39.0 Å². The van der Waals surface area contributed by atoms with E-state index in [1.165, 1.54) is 16.7 Å². The first-order valence-electron chi connectivity index (χ1n) is 10.1. The zero-order valence-corrected chi connectivity index (χ0v) is 18.5. The van der Waals surface area contributed by atoms with Gasteiger partial charge >= 0.3 is 11.7 Å². The molecular formula is C22H24ClFN4O4. The van der Waals surface area contributed by atoms with Crippen LogP contribution in [0.1, 0.15) is 25.8 Å². The molecule has 10 heteroatoms. The second-order valence-electron chi connectivity index (χ2n) is 7.19. The summed E-state index contributed by atoms with van der Waals surface area (Å²) < 4.78 is 26.5. The fraction of sp³-hybridized carbons (Fsp3) is 0.318. The van der Waals surface area contributed by atoms with Gasteiger partial charge in [-0.1, -0.05) is 23.7 Å². The summed E-state index contributed by atoms with van der Waals surface area (Å²) >= 11 is 5.94. The molecule has 0 spiro atoms. The first-order valence-corrected chi connectivity index (χ1v) is 10.4. The Kier molecular flexibility index (Phi) is 8.02. The minimum Gasteiger partial charge on any atom is -0.488 e. The minimum absolute atomic E-state index is 0.0667. The number of anilines is 2. The van der Waals surface area contributed by atoms with E-state index in [4.69, 9.17) is 26.2 Å². The van der Waals surface area contributed by atoms with Crippen molar-refractivity contribution in [3.63, 3.8) is 0 Å². The Balaban J connectivity index is 1.93. The molecule has 0 amide bonds. The van der Waals surface area contributed by atoms with Gasteiger partial charge in [0.25, 0.3) is 0 Å². The van der Waals surface area contributed by atoms with Gasteiger partial charge in [0, 0.05) is 29.8 Å². The minimum atomic E-state index is -0.600. The van der Waals surface area contributed by atoms with Crippen LogP contribution in [0.4, 0.5) is 16.0 Å². The average Bonchev–Trinajstić information content (AvgIpc) is 2.74. The first-order chi connectivity index (χ1) is 15.4. The van der Waals surface area contributed by atoms with Crippen molar-refractivity contribution in [2.75, 3.05) is 18.5 Å². The van der Waals surface area contributed by atoms with E-state index in [1.807, 2.05) is 0 Å². The van der Waals surface area contributed by atoms with Gasteiger partial charge in [0.05, 0.1) is 19.3 Å². The van der Waals surface area contributed by atoms with Crippen molar-refractivity contribution in [1.82, 2.24) is 14.5 Å². The number of nitrogens with zero attached hydrogens (tertiary/aromatic N) is 3. The molecule has 1 heterocycles. The molecule has 8 nitrogen and oxygen atoms in total. The summed E-state index contributed by atoms with van der Waals surface area (Å²) in [6.45, 7) is 3.85. The summed E-state index contributed by atoms with van der Waals surface area (Å²) in [5, 5.41) is 12.5. The van der Waals surface area contributed by atoms with E-state index in [2.05, 4.69) is 15.3 Å². The number of aliphatic hydroxyl groups is 1. The maximum Gasteiger partial charge on any atom is 0.355 e. The van der Waals surface area contributed by atoms with Gasteiger partial charge in [-0.3, -0.25) is 4.57 Å². The fourth-order valence-corrected chi connectivity index (χ4v) is 2.89. The smallest absolute Gasteiger partial charge is 0.355 e. The first kappa shape index (κ1) is 23.5. The second-order valence-corrected chi connectivity index (χ2v) is 7.62. The van der Waals surface area contributed by atoms with Crippen LogP contribution in [0.2, 0.25) is 5.02 Å². The molecule has 2 N–H and O–H groups in total. The van der Waals surface area contributed by atoms with E-state index in [-0.39, 0.29) is 43.6 Å². The van der Waals surface area contributed by atoms with Gasteiger partial charge in [0.1, 0.15) is 0 Å². The predicted octanol–water partition coefficient (Wildman–Crippen LogP) is 3.77. The maximum atomic E-state index is 14.4. The van der Waals surface area contributed by atoms with E-state index < -0.39 is 11.5 Å². The van der Waals surface area contributed by atoms with Crippen molar-refractivity contribution in [2.24, 2.45) is 0 Å². The monoisotopic (exact) mass is 462 g/mol. The normalized spacial score (nSPS) is 10.9. The van der Waals surface area contributed by atoms with Crippen LogP contribution in [0, 0.1) is 5.82 Å². The Bertz CT molecular complexity index is 1110. The molecular weight excluding hydrogens is 439 g/mol. The SMILES string of the molecule is CC(C)Oc1ccc(Nc2nc(OCCCO)nc(=O)n2Cc2ccc(Cl)cc2)cc1F. The molecule has 3 aromatic rings. The number of rotatable bonds is 10. The highest BCUT2D eigenvalue weighted by atomic mass is 35.5. The van der Waals surface area contributed by atoms with Crippen LogP contribution in [0.25, 0.3) is 0 Å². The van der Waals surface area contributed by atoms with Crippen molar-refractivity contribution in [3.05, 3.63) is 69.4 Å². The van der Waals surface area contributed by atoms with Crippen LogP contribution in [0.15, 0.2) is 47.3 Å². The number of aliphatic hydroxyl groups excluding tert-OH is 1. The lowest BCUT2D eigenvalue weighted by Gasteiger charge is -2.16. The molecule has 3 rings (SSSR count). The van der Waals surface area contributed by atoms with Gasteiger partial charge in [-0.2, -0.15) is 4.98 Å². The molecule has 0 saturated carbocycles. The van der Waals surface area contributed by atoms with Crippen molar-refractivity contribution in [3.8, 4) is 11.8 Å². The third-order valence-electron chi connectivity index (χ3n) is 4.22. The number of aromatic nitrogens is 3. The van der Waals surface area contributed by atoms with Crippen LogP contribution < -0.4 is 20.5 Å². The quantitative estimate of drug-likeness (QED) is 0.442. The van der Waals surface area contributed by atoms with Crippen LogP contribution >= 0.6 is 11.6 Å². The van der Waals surface area contributed by atoms with Crippen molar-refractivity contribution in [2.45, 2.75) is 32.9 Å². The van der Waals surface area contributed by atoms with Crippen LogP contribution in [0.3, 0.4) is 0 Å². The van der Waals surface area contributed by atoms with Gasteiger partial charge < -0.3 is 19.9 Å². The molecule has 170 valence electrons. The predicted molar refractivity (Wildman–Crippen MR) is 119 cm³/mol. The topological polar surface area (TPSA) is 98.5 Å². The zero-order valence-electron chi connectivity index (χ0n) is 17.7. The summed E-state index contributed by atoms with van der Waals surface area (Å²) in [6.07, 6.45) is 0.191. The maximum absolute atomic E-state index is 14.4. The van der Waals surface area contributed by atoms with Crippen LogP contribution in [-0.2, 0) is 6.54 Å². The van der Waals surface area contributed by atoms with E-state index in [1.54, 1.807) is 44.2 Å². The lowest BCUT2D eigenvalue weighted by Crippen LogP contribution is -2.28. The van der Waals surface area contributed by atoms with E-state index in [9.17, 15) is 9.18 Å². The summed E-state index contributed by atoms with van der Waals surface area (Å²) in [5.41, 5.74) is 0.559. The highest BCUT2D eigenvalue weighted by molar-refractivity contribution is 6.30.